The lowest BCUT2D eigenvalue weighted by Crippen LogP contribution is -2.36. The zero-order valence-electron chi connectivity index (χ0n) is 24.6. The number of allylic oxidation sites excluding steroid dienone is 3. The fraction of sp³-hybridized carbons (Fsp3) is 0.333. The van der Waals surface area contributed by atoms with Crippen LogP contribution in [-0.2, 0) is 23.8 Å². The van der Waals surface area contributed by atoms with Gasteiger partial charge in [-0.1, -0.05) is 37.5 Å². The normalized spacial score (nSPS) is 17.9. The average Bonchev–Trinajstić information content (AvgIpc) is 3.57. The molecule has 0 spiro atoms. The molecule has 4 aromatic rings. The Morgan fingerprint density at radius 2 is 1.86 bits per heavy atom. The highest BCUT2D eigenvalue weighted by Crippen LogP contribution is 2.48. The topological polar surface area (TPSA) is 76.9 Å². The Kier molecular flexibility index (Phi) is 6.83. The van der Waals surface area contributed by atoms with E-state index in [-0.39, 0.29) is 17.5 Å². The maximum atomic E-state index is 13.7. The SMILES string of the molecule is CC(=O)/C=C/c1ccc2nc(C3(NC(=O)c4ccc5c(c4)CC(c4ccc(F)cn4)=C5C4CCCCC4)CC3)n(C)c2c1. The number of hydrogen-bond acceptors (Lipinski definition) is 4. The number of nitrogens with zero attached hydrogens (tertiary/aromatic N) is 3. The number of halogens is 1. The Labute approximate surface area is 250 Å². The van der Waals surface area contributed by atoms with Gasteiger partial charge in [0, 0.05) is 19.0 Å². The monoisotopic (exact) mass is 574 g/mol. The third-order valence-corrected chi connectivity index (χ3v) is 9.35. The fourth-order valence-electron chi connectivity index (χ4n) is 7.00. The quantitative estimate of drug-likeness (QED) is 0.237. The van der Waals surface area contributed by atoms with Gasteiger partial charge in [-0.05, 0) is 109 Å². The lowest BCUT2D eigenvalue weighted by Gasteiger charge is -2.25. The summed E-state index contributed by atoms with van der Waals surface area (Å²) in [7, 11) is 1.98. The maximum Gasteiger partial charge on any atom is 0.252 e. The van der Waals surface area contributed by atoms with Crippen molar-refractivity contribution in [2.24, 2.45) is 13.0 Å². The van der Waals surface area contributed by atoms with Crippen LogP contribution in [0.25, 0.3) is 28.3 Å². The number of aryl methyl sites for hydroxylation is 1. The third-order valence-electron chi connectivity index (χ3n) is 9.35. The average molecular weight is 575 g/mol. The first-order chi connectivity index (χ1) is 20.8. The minimum absolute atomic E-state index is 0.00123. The van der Waals surface area contributed by atoms with Gasteiger partial charge in [-0.3, -0.25) is 14.6 Å². The predicted octanol–water partition coefficient (Wildman–Crippen LogP) is 7.18. The van der Waals surface area contributed by atoms with Crippen molar-refractivity contribution < 1.29 is 14.0 Å². The summed E-state index contributed by atoms with van der Waals surface area (Å²) in [6, 6.07) is 15.3. The van der Waals surface area contributed by atoms with Crippen molar-refractivity contribution in [2.75, 3.05) is 0 Å². The van der Waals surface area contributed by atoms with Gasteiger partial charge in [0.15, 0.2) is 5.78 Å². The number of pyridine rings is 1. The summed E-state index contributed by atoms with van der Waals surface area (Å²) in [5, 5.41) is 3.32. The van der Waals surface area contributed by atoms with E-state index in [1.165, 1.54) is 49.6 Å². The minimum atomic E-state index is -0.506. The van der Waals surface area contributed by atoms with Gasteiger partial charge >= 0.3 is 0 Å². The fourth-order valence-corrected chi connectivity index (χ4v) is 7.00. The number of rotatable bonds is 7. The molecule has 43 heavy (non-hydrogen) atoms. The van der Waals surface area contributed by atoms with Crippen LogP contribution in [0.4, 0.5) is 4.39 Å². The first-order valence-electron chi connectivity index (χ1n) is 15.3. The Morgan fingerprint density at radius 1 is 1.05 bits per heavy atom. The number of carbonyl (C=O) groups is 2. The lowest BCUT2D eigenvalue weighted by atomic mass is 9.80. The number of hydrogen-bond donors (Lipinski definition) is 1. The molecule has 2 aromatic heterocycles. The smallest absolute Gasteiger partial charge is 0.252 e. The number of benzene rings is 2. The lowest BCUT2D eigenvalue weighted by molar-refractivity contribution is -0.112. The van der Waals surface area contributed by atoms with E-state index in [2.05, 4.69) is 20.9 Å². The molecule has 1 N–H and O–H groups in total. The number of carbonyl (C=O) groups excluding carboxylic acids is 2. The van der Waals surface area contributed by atoms with Gasteiger partial charge in [-0.15, -0.1) is 0 Å². The summed E-state index contributed by atoms with van der Waals surface area (Å²) in [6.45, 7) is 1.53. The van der Waals surface area contributed by atoms with Crippen LogP contribution in [0, 0.1) is 11.7 Å². The maximum absolute atomic E-state index is 13.7. The van der Waals surface area contributed by atoms with E-state index in [9.17, 15) is 14.0 Å². The van der Waals surface area contributed by atoms with E-state index in [4.69, 9.17) is 4.98 Å². The largest absolute Gasteiger partial charge is 0.339 e. The van der Waals surface area contributed by atoms with Crippen molar-refractivity contribution in [2.45, 2.75) is 63.8 Å². The van der Waals surface area contributed by atoms with Crippen LogP contribution in [-0.4, -0.2) is 26.2 Å². The molecule has 3 aliphatic carbocycles. The number of fused-ring (bicyclic) bond motifs is 2. The van der Waals surface area contributed by atoms with Crippen LogP contribution in [0.5, 0.6) is 0 Å². The first-order valence-corrected chi connectivity index (χ1v) is 15.3. The molecule has 3 aliphatic rings. The Hall–Kier alpha value is -4.39. The van der Waals surface area contributed by atoms with E-state index in [1.807, 2.05) is 43.5 Å². The van der Waals surface area contributed by atoms with Crippen molar-refractivity contribution in [1.82, 2.24) is 19.9 Å². The molecule has 7 heteroatoms. The highest BCUT2D eigenvalue weighted by Gasteiger charge is 2.49. The number of imidazole rings is 1. The molecule has 2 fully saturated rings. The molecular weight excluding hydrogens is 539 g/mol. The van der Waals surface area contributed by atoms with Gasteiger partial charge in [-0.25, -0.2) is 9.37 Å². The summed E-state index contributed by atoms with van der Waals surface area (Å²) in [4.78, 5) is 34.5. The predicted molar refractivity (Wildman–Crippen MR) is 167 cm³/mol. The standard InChI is InChI=1S/C36H35FN4O2/c1-22(42)8-9-23-10-14-31-32(18-23)41(2)35(39-31)36(16-17-36)40-34(43)25-11-13-28-26(19-25)20-29(30-15-12-27(37)21-38-30)33(28)24-6-4-3-5-7-24/h8-15,18-19,21,24H,3-7,16-17,20H2,1-2H3,(H,40,43)/b9-8+. The number of ketones is 1. The molecule has 0 aliphatic heterocycles. The van der Waals surface area contributed by atoms with Crippen molar-refractivity contribution in [3.8, 4) is 0 Å². The summed E-state index contributed by atoms with van der Waals surface area (Å²) >= 11 is 0. The van der Waals surface area contributed by atoms with Gasteiger partial charge in [0.2, 0.25) is 0 Å². The minimum Gasteiger partial charge on any atom is -0.339 e. The first kappa shape index (κ1) is 27.4. The van der Waals surface area contributed by atoms with E-state index in [0.29, 0.717) is 17.9 Å². The molecule has 0 bridgehead atoms. The van der Waals surface area contributed by atoms with E-state index in [1.54, 1.807) is 12.1 Å². The molecule has 0 saturated heterocycles. The van der Waals surface area contributed by atoms with Crippen LogP contribution in [0.1, 0.15) is 90.4 Å². The second kappa shape index (κ2) is 10.7. The highest BCUT2D eigenvalue weighted by molar-refractivity contribution is 6.00. The zero-order chi connectivity index (χ0) is 29.7. The van der Waals surface area contributed by atoms with Crippen molar-refractivity contribution in [3.63, 3.8) is 0 Å². The second-order valence-electron chi connectivity index (χ2n) is 12.4. The summed E-state index contributed by atoms with van der Waals surface area (Å²) in [6.07, 6.45) is 13.0. The molecule has 2 aromatic carbocycles. The molecule has 0 radical (unpaired) electrons. The van der Waals surface area contributed by atoms with Gasteiger partial charge in [0.05, 0.1) is 28.5 Å². The molecule has 1 amide bonds. The van der Waals surface area contributed by atoms with Crippen LogP contribution < -0.4 is 5.32 Å². The van der Waals surface area contributed by atoms with E-state index < -0.39 is 5.54 Å². The molecule has 0 unspecified atom stereocenters. The van der Waals surface area contributed by atoms with E-state index in [0.717, 1.165) is 64.9 Å². The summed E-state index contributed by atoms with van der Waals surface area (Å²) in [5.74, 6) is 0.863. The van der Waals surface area contributed by atoms with Crippen molar-refractivity contribution >= 4 is 39.9 Å². The van der Waals surface area contributed by atoms with Crippen LogP contribution in [0.15, 0.2) is 60.8 Å². The third kappa shape index (κ3) is 5.11. The van der Waals surface area contributed by atoms with E-state index >= 15 is 0 Å². The molecule has 7 rings (SSSR count). The molecular formula is C36H35FN4O2. The molecule has 6 nitrogen and oxygen atoms in total. The Bertz CT molecular complexity index is 1820. The van der Waals surface area contributed by atoms with Crippen LogP contribution >= 0.6 is 0 Å². The number of aromatic nitrogens is 3. The molecule has 218 valence electrons. The number of nitrogens with one attached hydrogen (secondary N) is 1. The van der Waals surface area contributed by atoms with Crippen molar-refractivity contribution in [3.05, 3.63) is 100 Å². The van der Waals surface area contributed by atoms with Crippen molar-refractivity contribution in [1.29, 1.82) is 0 Å². The van der Waals surface area contributed by atoms with Gasteiger partial charge in [0.1, 0.15) is 11.6 Å². The van der Waals surface area contributed by atoms with Gasteiger partial charge in [0.25, 0.3) is 5.91 Å². The van der Waals surface area contributed by atoms with Crippen LogP contribution in [0.3, 0.4) is 0 Å². The number of amides is 1. The highest BCUT2D eigenvalue weighted by atomic mass is 19.1. The molecule has 2 saturated carbocycles. The second-order valence-corrected chi connectivity index (χ2v) is 12.4. The Morgan fingerprint density at radius 3 is 2.58 bits per heavy atom. The Balaban J connectivity index is 1.16. The van der Waals surface area contributed by atoms with Crippen LogP contribution in [0.2, 0.25) is 0 Å². The summed E-state index contributed by atoms with van der Waals surface area (Å²) < 4.78 is 15.8. The van der Waals surface area contributed by atoms with Gasteiger partial charge in [-0.2, -0.15) is 0 Å². The summed E-state index contributed by atoms with van der Waals surface area (Å²) in [5.41, 5.74) is 8.53. The van der Waals surface area contributed by atoms with Gasteiger partial charge < -0.3 is 9.88 Å². The molecule has 0 atom stereocenters. The molecule has 2 heterocycles. The zero-order valence-corrected chi connectivity index (χ0v) is 24.6.